The van der Waals surface area contributed by atoms with Crippen molar-refractivity contribution in [3.05, 3.63) is 78.0 Å². The number of carbonyl (C=O) groups is 3. The highest BCUT2D eigenvalue weighted by atomic mass is 16.5. The molecule has 33 heavy (non-hydrogen) atoms. The molecular weight excluding hydrogens is 420 g/mol. The third-order valence-electron chi connectivity index (χ3n) is 5.18. The summed E-state index contributed by atoms with van der Waals surface area (Å²) in [6, 6.07) is 17.4. The minimum Gasteiger partial charge on any atom is -0.497 e. The van der Waals surface area contributed by atoms with Crippen molar-refractivity contribution in [3.8, 4) is 5.75 Å². The third kappa shape index (κ3) is 4.95. The fraction of sp³-hybridized carbons (Fsp3) is 0.160. The van der Waals surface area contributed by atoms with E-state index in [1.807, 2.05) is 24.3 Å². The number of aromatic nitrogens is 1. The molecule has 1 aliphatic rings. The fourth-order valence-electron chi connectivity index (χ4n) is 3.49. The first kappa shape index (κ1) is 21.9. The molecule has 2 amide bonds. The Balaban J connectivity index is 1.57. The van der Waals surface area contributed by atoms with Crippen LogP contribution in [-0.4, -0.2) is 41.9 Å². The van der Waals surface area contributed by atoms with E-state index < -0.39 is 0 Å². The lowest BCUT2D eigenvalue weighted by Gasteiger charge is -2.20. The maximum absolute atomic E-state index is 13.2. The van der Waals surface area contributed by atoms with E-state index in [4.69, 9.17) is 4.74 Å². The van der Waals surface area contributed by atoms with Crippen molar-refractivity contribution in [2.24, 2.45) is 4.99 Å². The highest BCUT2D eigenvalue weighted by Gasteiger charge is 2.28. The normalized spacial score (nSPS) is 13.0. The van der Waals surface area contributed by atoms with Gasteiger partial charge in [-0.2, -0.15) is 0 Å². The standard InChI is InChI=1S/C25H22N4O4/c1-16(30)17-8-10-19(11-9-17)27-23(31)15-29-24(32)14-22(18-5-3-6-20(13-18)33-2)28-21-7-4-12-26-25(21)29/h3-13H,14-15H2,1-2H3,(H,27,31). The second-order valence-corrected chi connectivity index (χ2v) is 7.47. The Morgan fingerprint density at radius 3 is 2.61 bits per heavy atom. The van der Waals surface area contributed by atoms with Gasteiger partial charge in [0.05, 0.1) is 19.2 Å². The second kappa shape index (κ2) is 9.44. The van der Waals surface area contributed by atoms with Crippen molar-refractivity contribution in [3.63, 3.8) is 0 Å². The summed E-state index contributed by atoms with van der Waals surface area (Å²) in [5, 5.41) is 2.76. The lowest BCUT2D eigenvalue weighted by Crippen LogP contribution is -2.39. The van der Waals surface area contributed by atoms with E-state index in [1.165, 1.54) is 11.8 Å². The summed E-state index contributed by atoms with van der Waals surface area (Å²) in [5.41, 5.74) is 2.91. The number of hydrogen-bond donors (Lipinski definition) is 1. The lowest BCUT2D eigenvalue weighted by molar-refractivity contribution is -0.120. The average Bonchev–Trinajstić information content (AvgIpc) is 2.96. The number of pyridine rings is 1. The number of methoxy groups -OCH3 is 1. The zero-order valence-corrected chi connectivity index (χ0v) is 18.2. The molecule has 0 bridgehead atoms. The molecule has 0 fully saturated rings. The van der Waals surface area contributed by atoms with Crippen LogP contribution in [0.1, 0.15) is 29.3 Å². The van der Waals surface area contributed by atoms with E-state index in [0.29, 0.717) is 34.2 Å². The van der Waals surface area contributed by atoms with Gasteiger partial charge in [-0.15, -0.1) is 0 Å². The van der Waals surface area contributed by atoms with Crippen LogP contribution < -0.4 is 15.0 Å². The summed E-state index contributed by atoms with van der Waals surface area (Å²) in [5.74, 6) is 0.238. The van der Waals surface area contributed by atoms with E-state index in [0.717, 1.165) is 5.56 Å². The van der Waals surface area contributed by atoms with Crippen LogP contribution in [0.3, 0.4) is 0 Å². The smallest absolute Gasteiger partial charge is 0.244 e. The number of amides is 2. The zero-order chi connectivity index (χ0) is 23.4. The van der Waals surface area contributed by atoms with Crippen LogP contribution in [0.15, 0.2) is 71.9 Å². The Labute approximate surface area is 190 Å². The Bertz CT molecular complexity index is 1250. The maximum atomic E-state index is 13.2. The molecule has 1 aliphatic heterocycles. The first-order valence-electron chi connectivity index (χ1n) is 10.3. The number of ketones is 1. The molecule has 4 rings (SSSR count). The Hall–Kier alpha value is -4.33. The van der Waals surface area contributed by atoms with Gasteiger partial charge >= 0.3 is 0 Å². The van der Waals surface area contributed by atoms with Crippen molar-refractivity contribution in [1.82, 2.24) is 4.98 Å². The molecule has 1 N–H and O–H groups in total. The number of nitrogens with zero attached hydrogens (tertiary/aromatic N) is 3. The molecule has 1 aromatic heterocycles. The van der Waals surface area contributed by atoms with Crippen molar-refractivity contribution >= 4 is 40.5 Å². The van der Waals surface area contributed by atoms with Gasteiger partial charge in [-0.05, 0) is 55.5 Å². The second-order valence-electron chi connectivity index (χ2n) is 7.47. The van der Waals surface area contributed by atoms with Crippen LogP contribution in [0.25, 0.3) is 0 Å². The molecular formula is C25H22N4O4. The Morgan fingerprint density at radius 2 is 1.88 bits per heavy atom. The van der Waals surface area contributed by atoms with Crippen molar-refractivity contribution in [2.75, 3.05) is 23.9 Å². The van der Waals surface area contributed by atoms with Crippen molar-refractivity contribution in [1.29, 1.82) is 0 Å². The Morgan fingerprint density at radius 1 is 1.09 bits per heavy atom. The predicted octanol–water partition coefficient (Wildman–Crippen LogP) is 3.79. The highest BCUT2D eigenvalue weighted by Crippen LogP contribution is 2.31. The summed E-state index contributed by atoms with van der Waals surface area (Å²) in [4.78, 5) is 47.7. The van der Waals surface area contributed by atoms with Gasteiger partial charge in [-0.25, -0.2) is 9.98 Å². The number of nitrogens with one attached hydrogen (secondary N) is 1. The molecule has 8 heteroatoms. The quantitative estimate of drug-likeness (QED) is 0.586. The number of rotatable bonds is 6. The SMILES string of the molecule is COc1cccc(C2=Nc3cccnc3N(CC(=O)Nc3ccc(C(C)=O)cc3)C(=O)C2)c1. The van der Waals surface area contributed by atoms with Crippen LogP contribution in [0.5, 0.6) is 5.75 Å². The van der Waals surface area contributed by atoms with E-state index >= 15 is 0 Å². The molecule has 3 aromatic rings. The van der Waals surface area contributed by atoms with Gasteiger partial charge in [0.1, 0.15) is 18.0 Å². The maximum Gasteiger partial charge on any atom is 0.244 e. The summed E-state index contributed by atoms with van der Waals surface area (Å²) in [6.45, 7) is 1.25. The van der Waals surface area contributed by atoms with E-state index in [9.17, 15) is 14.4 Å². The molecule has 166 valence electrons. The third-order valence-corrected chi connectivity index (χ3v) is 5.18. The molecule has 0 spiro atoms. The molecule has 0 saturated heterocycles. The minimum absolute atomic E-state index is 0.00408. The molecule has 2 aromatic carbocycles. The van der Waals surface area contributed by atoms with Gasteiger partial charge < -0.3 is 10.1 Å². The van der Waals surface area contributed by atoms with Gasteiger partial charge in [0.15, 0.2) is 11.6 Å². The summed E-state index contributed by atoms with van der Waals surface area (Å²) >= 11 is 0. The number of hydrogen-bond acceptors (Lipinski definition) is 6. The molecule has 0 radical (unpaired) electrons. The largest absolute Gasteiger partial charge is 0.497 e. The van der Waals surface area contributed by atoms with Crippen LogP contribution in [-0.2, 0) is 9.59 Å². The topological polar surface area (TPSA) is 101 Å². The van der Waals surface area contributed by atoms with Gasteiger partial charge in [-0.3, -0.25) is 19.3 Å². The van der Waals surface area contributed by atoms with E-state index in [2.05, 4.69) is 15.3 Å². The molecule has 8 nitrogen and oxygen atoms in total. The molecule has 0 atom stereocenters. The average molecular weight is 442 g/mol. The lowest BCUT2D eigenvalue weighted by atomic mass is 10.1. The monoisotopic (exact) mass is 442 g/mol. The number of fused-ring (bicyclic) bond motifs is 1. The summed E-state index contributed by atoms with van der Waals surface area (Å²) in [6.07, 6.45) is 1.56. The number of benzene rings is 2. The van der Waals surface area contributed by atoms with Gasteiger partial charge in [0.2, 0.25) is 11.8 Å². The number of carbonyl (C=O) groups excluding carboxylic acids is 3. The first-order valence-corrected chi connectivity index (χ1v) is 10.3. The first-order chi connectivity index (χ1) is 15.9. The van der Waals surface area contributed by atoms with E-state index in [-0.39, 0.29) is 30.6 Å². The van der Waals surface area contributed by atoms with Crippen molar-refractivity contribution < 1.29 is 19.1 Å². The molecule has 0 saturated carbocycles. The van der Waals surface area contributed by atoms with Crippen LogP contribution in [0.2, 0.25) is 0 Å². The number of Topliss-reactive ketones (excluding diaryl/α,β-unsaturated/α-hetero) is 1. The molecule has 0 unspecified atom stereocenters. The fourth-order valence-corrected chi connectivity index (χ4v) is 3.49. The minimum atomic E-state index is -0.389. The van der Waals surface area contributed by atoms with Gasteiger partial charge in [0.25, 0.3) is 0 Å². The summed E-state index contributed by atoms with van der Waals surface area (Å²) < 4.78 is 5.29. The van der Waals surface area contributed by atoms with Crippen LogP contribution in [0, 0.1) is 0 Å². The Kier molecular flexibility index (Phi) is 6.26. The highest BCUT2D eigenvalue weighted by molar-refractivity contribution is 6.18. The van der Waals surface area contributed by atoms with Crippen molar-refractivity contribution in [2.45, 2.75) is 13.3 Å². The van der Waals surface area contributed by atoms with Gasteiger partial charge in [0, 0.05) is 23.0 Å². The number of ether oxygens (including phenoxy) is 1. The van der Waals surface area contributed by atoms with Crippen LogP contribution >= 0.6 is 0 Å². The van der Waals surface area contributed by atoms with E-state index in [1.54, 1.807) is 49.7 Å². The van der Waals surface area contributed by atoms with Crippen LogP contribution in [0.4, 0.5) is 17.2 Å². The zero-order valence-electron chi connectivity index (χ0n) is 18.2. The summed E-state index contributed by atoms with van der Waals surface area (Å²) in [7, 11) is 1.58. The van der Waals surface area contributed by atoms with Gasteiger partial charge in [-0.1, -0.05) is 12.1 Å². The number of aliphatic imine (C=N–C) groups is 1. The predicted molar refractivity (Wildman–Crippen MR) is 125 cm³/mol. The molecule has 0 aliphatic carbocycles. The number of anilines is 2. The molecule has 2 heterocycles.